The number of methoxy groups -OCH3 is 1. The summed E-state index contributed by atoms with van der Waals surface area (Å²) in [5.41, 5.74) is 0.875. The van der Waals surface area contributed by atoms with E-state index in [0.29, 0.717) is 22.4 Å². The van der Waals surface area contributed by atoms with E-state index >= 15 is 0 Å². The fraction of sp³-hybridized carbons (Fsp3) is 0.0909. The van der Waals surface area contributed by atoms with Gasteiger partial charge < -0.3 is 4.74 Å². The smallest absolute Gasteiger partial charge is 0.384 e. The Bertz CT molecular complexity index is 455. The molecule has 0 heterocycles. The minimum absolute atomic E-state index is 0.386. The monoisotopic (exact) mass is 222 g/mol. The molecule has 0 aliphatic rings. The summed E-state index contributed by atoms with van der Waals surface area (Å²) >= 11 is 5.81. The Morgan fingerprint density at radius 1 is 1.53 bits per heavy atom. The Balaban J connectivity index is 3.06. The highest BCUT2D eigenvalue weighted by Crippen LogP contribution is 2.15. The molecule has 1 rings (SSSR count). The summed E-state index contributed by atoms with van der Waals surface area (Å²) < 4.78 is 4.34. The van der Waals surface area contributed by atoms with Gasteiger partial charge in [-0.25, -0.2) is 4.79 Å². The Labute approximate surface area is 92.0 Å². The highest BCUT2D eigenvalue weighted by atomic mass is 35.5. The van der Waals surface area contributed by atoms with E-state index < -0.39 is 5.97 Å². The SMILES string of the molecule is COC(=O)C#Cc1cc(C=O)ccc1Cl. The average molecular weight is 223 g/mol. The van der Waals surface area contributed by atoms with Gasteiger partial charge in [0.15, 0.2) is 0 Å². The summed E-state index contributed by atoms with van der Waals surface area (Å²) in [6.07, 6.45) is 0.680. The number of ether oxygens (including phenoxy) is 1. The number of esters is 1. The molecule has 0 bridgehead atoms. The van der Waals surface area contributed by atoms with E-state index in [0.717, 1.165) is 0 Å². The number of hydrogen-bond acceptors (Lipinski definition) is 3. The second kappa shape index (κ2) is 5.18. The molecule has 0 aromatic heterocycles. The fourth-order valence-corrected chi connectivity index (χ4v) is 1.05. The normalized spacial score (nSPS) is 8.67. The Kier molecular flexibility index (Phi) is 3.90. The summed E-state index contributed by atoms with van der Waals surface area (Å²) in [5.74, 6) is 4.10. The Morgan fingerprint density at radius 3 is 2.87 bits per heavy atom. The quantitative estimate of drug-likeness (QED) is 0.413. The zero-order valence-electron chi connectivity index (χ0n) is 7.91. The van der Waals surface area contributed by atoms with Gasteiger partial charge >= 0.3 is 5.97 Å². The van der Waals surface area contributed by atoms with Gasteiger partial charge in [-0.15, -0.1) is 0 Å². The third-order valence-corrected chi connectivity index (χ3v) is 1.94. The zero-order valence-corrected chi connectivity index (χ0v) is 8.67. The number of halogens is 1. The van der Waals surface area contributed by atoms with E-state index in [-0.39, 0.29) is 0 Å². The van der Waals surface area contributed by atoms with Gasteiger partial charge in [0.1, 0.15) is 6.29 Å². The molecule has 0 unspecified atom stereocenters. The Hall–Kier alpha value is -1.79. The first-order chi connectivity index (χ1) is 7.17. The minimum atomic E-state index is -0.650. The van der Waals surface area contributed by atoms with E-state index in [1.54, 1.807) is 12.1 Å². The lowest BCUT2D eigenvalue weighted by molar-refractivity contribution is -0.133. The largest absolute Gasteiger partial charge is 0.459 e. The van der Waals surface area contributed by atoms with Crippen LogP contribution in [0.25, 0.3) is 0 Å². The summed E-state index contributed by atoms with van der Waals surface area (Å²) in [6, 6.07) is 4.62. The van der Waals surface area contributed by atoms with E-state index in [1.807, 2.05) is 0 Å². The predicted octanol–water partition coefficient (Wildman–Crippen LogP) is 1.68. The molecular formula is C11H7ClO3. The predicted molar refractivity (Wildman–Crippen MR) is 55.7 cm³/mol. The van der Waals surface area contributed by atoms with Crippen LogP contribution in [-0.4, -0.2) is 19.4 Å². The minimum Gasteiger partial charge on any atom is -0.459 e. The van der Waals surface area contributed by atoms with Gasteiger partial charge in [-0.1, -0.05) is 23.6 Å². The van der Waals surface area contributed by atoms with Crippen LogP contribution >= 0.6 is 11.6 Å². The fourth-order valence-electron chi connectivity index (χ4n) is 0.881. The molecule has 0 aliphatic heterocycles. The molecule has 0 amide bonds. The van der Waals surface area contributed by atoms with Crippen molar-refractivity contribution in [1.29, 1.82) is 0 Å². The van der Waals surface area contributed by atoms with Crippen molar-refractivity contribution in [3.63, 3.8) is 0 Å². The van der Waals surface area contributed by atoms with Crippen LogP contribution in [0.1, 0.15) is 15.9 Å². The number of rotatable bonds is 1. The van der Waals surface area contributed by atoms with E-state index in [4.69, 9.17) is 11.6 Å². The van der Waals surface area contributed by atoms with Gasteiger partial charge in [0.25, 0.3) is 0 Å². The molecule has 0 aliphatic carbocycles. The van der Waals surface area contributed by atoms with Gasteiger partial charge in [0.05, 0.1) is 12.1 Å². The van der Waals surface area contributed by atoms with E-state index in [2.05, 4.69) is 16.6 Å². The molecule has 0 saturated heterocycles. The number of aldehydes is 1. The van der Waals surface area contributed by atoms with Crippen molar-refractivity contribution in [2.24, 2.45) is 0 Å². The number of hydrogen-bond donors (Lipinski definition) is 0. The lowest BCUT2D eigenvalue weighted by Gasteiger charge is -1.96. The summed E-state index contributed by atoms with van der Waals surface area (Å²) in [4.78, 5) is 21.2. The third-order valence-electron chi connectivity index (χ3n) is 1.61. The van der Waals surface area contributed by atoms with Crippen molar-refractivity contribution in [1.82, 2.24) is 0 Å². The van der Waals surface area contributed by atoms with Crippen molar-refractivity contribution in [2.75, 3.05) is 7.11 Å². The first-order valence-corrected chi connectivity index (χ1v) is 4.40. The molecule has 76 valence electrons. The molecule has 1 aromatic carbocycles. The van der Waals surface area contributed by atoms with Gasteiger partial charge in [-0.3, -0.25) is 4.79 Å². The molecule has 0 saturated carbocycles. The maximum Gasteiger partial charge on any atom is 0.384 e. The van der Waals surface area contributed by atoms with E-state index in [1.165, 1.54) is 13.2 Å². The maximum atomic E-state index is 10.7. The van der Waals surface area contributed by atoms with Crippen LogP contribution in [0.5, 0.6) is 0 Å². The molecule has 4 heteroatoms. The van der Waals surface area contributed by atoms with E-state index in [9.17, 15) is 9.59 Å². The Morgan fingerprint density at radius 2 is 2.27 bits per heavy atom. The third kappa shape index (κ3) is 3.12. The van der Waals surface area contributed by atoms with Gasteiger partial charge in [-0.05, 0) is 12.1 Å². The van der Waals surface area contributed by atoms with Crippen LogP contribution in [0.15, 0.2) is 18.2 Å². The van der Waals surface area contributed by atoms with Crippen molar-refractivity contribution in [3.8, 4) is 11.8 Å². The summed E-state index contributed by atoms with van der Waals surface area (Å²) in [6.45, 7) is 0. The zero-order chi connectivity index (χ0) is 11.3. The highest BCUT2D eigenvalue weighted by Gasteiger charge is 1.99. The highest BCUT2D eigenvalue weighted by molar-refractivity contribution is 6.31. The molecule has 3 nitrogen and oxygen atoms in total. The number of benzene rings is 1. The molecule has 0 fully saturated rings. The molecule has 0 spiro atoms. The maximum absolute atomic E-state index is 10.7. The molecule has 0 atom stereocenters. The standard InChI is InChI=1S/C11H7ClO3/c1-15-11(14)5-3-9-6-8(7-13)2-4-10(9)12/h2,4,6-7H,1H3. The molecule has 0 radical (unpaired) electrons. The molecule has 15 heavy (non-hydrogen) atoms. The lowest BCUT2D eigenvalue weighted by Crippen LogP contribution is -1.94. The van der Waals surface area contributed by atoms with Crippen molar-refractivity contribution in [3.05, 3.63) is 34.3 Å². The van der Waals surface area contributed by atoms with Crippen LogP contribution in [0.3, 0.4) is 0 Å². The van der Waals surface area contributed by atoms with Crippen LogP contribution < -0.4 is 0 Å². The van der Waals surface area contributed by atoms with Gasteiger partial charge in [0, 0.05) is 17.0 Å². The molecule has 1 aromatic rings. The summed E-state index contributed by atoms with van der Waals surface area (Å²) in [5, 5.41) is 0.386. The van der Waals surface area contributed by atoms with Crippen LogP contribution in [0, 0.1) is 11.8 Å². The topological polar surface area (TPSA) is 43.4 Å². The van der Waals surface area contributed by atoms with Gasteiger partial charge in [-0.2, -0.15) is 0 Å². The van der Waals surface area contributed by atoms with Crippen LogP contribution in [-0.2, 0) is 9.53 Å². The van der Waals surface area contributed by atoms with Crippen LogP contribution in [0.4, 0.5) is 0 Å². The summed E-state index contributed by atoms with van der Waals surface area (Å²) in [7, 11) is 1.24. The average Bonchev–Trinajstić information content (AvgIpc) is 2.27. The van der Waals surface area contributed by atoms with Gasteiger partial charge in [0.2, 0.25) is 0 Å². The van der Waals surface area contributed by atoms with Crippen molar-refractivity contribution in [2.45, 2.75) is 0 Å². The molecule has 0 N–H and O–H groups in total. The number of carbonyl (C=O) groups excluding carboxylic acids is 2. The van der Waals surface area contributed by atoms with Crippen LogP contribution in [0.2, 0.25) is 5.02 Å². The van der Waals surface area contributed by atoms with Crippen molar-refractivity contribution >= 4 is 23.9 Å². The second-order valence-corrected chi connectivity index (χ2v) is 3.01. The van der Waals surface area contributed by atoms with Crippen molar-refractivity contribution < 1.29 is 14.3 Å². The molecular weight excluding hydrogens is 216 g/mol. The number of carbonyl (C=O) groups is 2. The first kappa shape index (κ1) is 11.3. The lowest BCUT2D eigenvalue weighted by atomic mass is 10.1. The second-order valence-electron chi connectivity index (χ2n) is 2.60. The first-order valence-electron chi connectivity index (χ1n) is 4.02.